The van der Waals surface area contributed by atoms with Crippen molar-refractivity contribution in [2.45, 2.75) is 0 Å². The van der Waals surface area contributed by atoms with Gasteiger partial charge in [0, 0.05) is 0 Å². The Morgan fingerprint density at radius 2 is 1.43 bits per heavy atom. The Morgan fingerprint density at radius 3 is 1.43 bits per heavy atom. The zero-order valence-electron chi connectivity index (χ0n) is 5.30. The molecule has 0 saturated carbocycles. The summed E-state index contributed by atoms with van der Waals surface area (Å²) in [7, 11) is 0.184. The van der Waals surface area contributed by atoms with Crippen LogP contribution in [-0.4, -0.2) is 26.7 Å². The minimum absolute atomic E-state index is 0.184. The van der Waals surface area contributed by atoms with Gasteiger partial charge < -0.3 is 0 Å². The molecule has 0 radical (unpaired) electrons. The predicted octanol–water partition coefficient (Wildman–Crippen LogP) is 2.38. The van der Waals surface area contributed by atoms with E-state index in [4.69, 9.17) is 11.8 Å². The fourth-order valence-electron chi connectivity index (χ4n) is 0. The van der Waals surface area contributed by atoms with Crippen LogP contribution in [0, 0.1) is 0 Å². The molecule has 3 heteroatoms. The fourth-order valence-corrected chi connectivity index (χ4v) is 0. The molecule has 0 rings (SSSR count). The van der Waals surface area contributed by atoms with Crippen LogP contribution in [0.4, 0.5) is 0 Å². The summed E-state index contributed by atoms with van der Waals surface area (Å²) in [6.45, 7) is 8.95. The molecule has 0 aliphatic carbocycles. The van der Waals surface area contributed by atoms with Gasteiger partial charge in [-0.2, -0.15) is 0 Å². The highest BCUT2D eigenvalue weighted by Crippen LogP contribution is 2.66. The molecule has 0 amide bonds. The Hall–Kier alpha value is 1.08. The normalized spacial score (nSPS) is 12.7. The van der Waals surface area contributed by atoms with Crippen molar-refractivity contribution in [1.82, 2.24) is 0 Å². The summed E-state index contributed by atoms with van der Waals surface area (Å²) in [6, 6.07) is 0. The third-order valence-corrected chi connectivity index (χ3v) is 11.6. The summed E-state index contributed by atoms with van der Waals surface area (Å²) in [4.78, 5) is 0. The lowest BCUT2D eigenvalue weighted by Gasteiger charge is -2.13. The Morgan fingerprint density at radius 1 is 1.29 bits per heavy atom. The van der Waals surface area contributed by atoms with Crippen LogP contribution in [0.1, 0.15) is 0 Å². The Bertz CT molecular complexity index is 91.9. The highest BCUT2D eigenvalue weighted by molar-refractivity contribution is 8.51. The SMILES string of the molecule is CP(C)P(C)(C)=S. The van der Waals surface area contributed by atoms with E-state index in [9.17, 15) is 0 Å². The van der Waals surface area contributed by atoms with Crippen molar-refractivity contribution in [3.8, 4) is 0 Å². The molecule has 44 valence electrons. The predicted molar refractivity (Wildman–Crippen MR) is 44.9 cm³/mol. The van der Waals surface area contributed by atoms with Crippen molar-refractivity contribution in [2.75, 3.05) is 26.7 Å². The minimum Gasteiger partial charge on any atom is -0.0933 e. The van der Waals surface area contributed by atoms with E-state index in [0.29, 0.717) is 0 Å². The Balaban J connectivity index is 3.80. The summed E-state index contributed by atoms with van der Waals surface area (Å²) >= 11 is 5.25. The maximum atomic E-state index is 5.25. The molecule has 0 fully saturated rings. The standard InChI is InChI=1S/C4H12P2S/c1-5(2)6(3,4)7/h1-4H3. The van der Waals surface area contributed by atoms with E-state index in [1.807, 2.05) is 0 Å². The van der Waals surface area contributed by atoms with Crippen LogP contribution in [0.3, 0.4) is 0 Å². The van der Waals surface area contributed by atoms with Crippen molar-refractivity contribution < 1.29 is 0 Å². The molecule has 0 spiro atoms. The van der Waals surface area contributed by atoms with Gasteiger partial charge in [-0.05, 0) is 32.4 Å². The molecule has 0 unspecified atom stereocenters. The smallest absolute Gasteiger partial charge is 0.0287 e. The van der Waals surface area contributed by atoms with E-state index in [2.05, 4.69) is 26.7 Å². The van der Waals surface area contributed by atoms with Gasteiger partial charge in [-0.3, -0.25) is 0 Å². The lowest BCUT2D eigenvalue weighted by Crippen LogP contribution is -1.67. The van der Waals surface area contributed by atoms with Crippen LogP contribution in [0.5, 0.6) is 0 Å². The first kappa shape index (κ1) is 8.08. The van der Waals surface area contributed by atoms with Gasteiger partial charge in [0.15, 0.2) is 0 Å². The molecule has 0 aromatic heterocycles. The lowest BCUT2D eigenvalue weighted by molar-refractivity contribution is 2.21. The Kier molecular flexibility index (Phi) is 2.97. The molecule has 7 heavy (non-hydrogen) atoms. The van der Waals surface area contributed by atoms with E-state index in [1.165, 1.54) is 0 Å². The second kappa shape index (κ2) is 2.58. The number of hydrogen-bond acceptors (Lipinski definition) is 1. The van der Waals surface area contributed by atoms with Crippen molar-refractivity contribution in [1.29, 1.82) is 0 Å². The minimum atomic E-state index is -0.840. The van der Waals surface area contributed by atoms with Gasteiger partial charge in [-0.25, -0.2) is 0 Å². The van der Waals surface area contributed by atoms with Crippen molar-refractivity contribution >= 4 is 25.1 Å². The van der Waals surface area contributed by atoms with E-state index < -0.39 is 5.73 Å². The average molecular weight is 154 g/mol. The molecule has 0 aliphatic heterocycles. The molecule has 0 N–H and O–H groups in total. The van der Waals surface area contributed by atoms with Gasteiger partial charge in [0.2, 0.25) is 0 Å². The summed E-state index contributed by atoms with van der Waals surface area (Å²) < 4.78 is 0. The molecule has 0 aliphatic rings. The molecule has 0 heterocycles. The van der Waals surface area contributed by atoms with E-state index >= 15 is 0 Å². The number of rotatable bonds is 1. The van der Waals surface area contributed by atoms with Crippen molar-refractivity contribution in [3.63, 3.8) is 0 Å². The maximum absolute atomic E-state index is 5.25. The van der Waals surface area contributed by atoms with E-state index in [0.717, 1.165) is 0 Å². The Labute approximate surface area is 52.3 Å². The molecule has 0 bridgehead atoms. The summed E-state index contributed by atoms with van der Waals surface area (Å²) in [5.74, 6) is 0. The van der Waals surface area contributed by atoms with Gasteiger partial charge in [-0.15, -0.1) is 0 Å². The zero-order valence-corrected chi connectivity index (χ0v) is 7.91. The van der Waals surface area contributed by atoms with Gasteiger partial charge in [-0.1, -0.05) is 19.4 Å². The molecular formula is C4H12P2S. The molecule has 0 saturated heterocycles. The van der Waals surface area contributed by atoms with Gasteiger partial charge >= 0.3 is 0 Å². The topological polar surface area (TPSA) is 0 Å². The quantitative estimate of drug-likeness (QED) is 0.522. The molecular weight excluding hydrogens is 142 g/mol. The van der Waals surface area contributed by atoms with Crippen LogP contribution in [0.2, 0.25) is 0 Å². The zero-order chi connectivity index (χ0) is 6.08. The fraction of sp³-hybridized carbons (Fsp3) is 1.00. The second-order valence-electron chi connectivity index (χ2n) is 2.14. The van der Waals surface area contributed by atoms with E-state index in [-0.39, 0.29) is 7.61 Å². The van der Waals surface area contributed by atoms with Crippen LogP contribution >= 0.6 is 13.3 Å². The van der Waals surface area contributed by atoms with Crippen LogP contribution in [-0.2, 0) is 11.8 Å². The van der Waals surface area contributed by atoms with Crippen LogP contribution in [0.15, 0.2) is 0 Å². The van der Waals surface area contributed by atoms with Gasteiger partial charge in [0.1, 0.15) is 0 Å². The van der Waals surface area contributed by atoms with Gasteiger partial charge in [0.05, 0.1) is 0 Å². The summed E-state index contributed by atoms with van der Waals surface area (Å²) in [6.07, 6.45) is 0. The van der Waals surface area contributed by atoms with Crippen LogP contribution in [0.25, 0.3) is 0 Å². The molecule has 0 nitrogen and oxygen atoms in total. The van der Waals surface area contributed by atoms with Gasteiger partial charge in [0.25, 0.3) is 0 Å². The molecule has 0 aromatic rings. The molecule has 0 atom stereocenters. The largest absolute Gasteiger partial charge is 0.0933 e. The summed E-state index contributed by atoms with van der Waals surface area (Å²) in [5, 5.41) is 0. The van der Waals surface area contributed by atoms with Crippen molar-refractivity contribution in [2.24, 2.45) is 0 Å². The third kappa shape index (κ3) is 3.64. The maximum Gasteiger partial charge on any atom is -0.0287 e. The average Bonchev–Trinajstić information content (AvgIpc) is 1.31. The highest BCUT2D eigenvalue weighted by Gasteiger charge is 2.04. The lowest BCUT2D eigenvalue weighted by atomic mass is 11.9. The first-order valence-corrected chi connectivity index (χ1v) is 8.81. The first-order chi connectivity index (χ1) is 2.94. The first-order valence-electron chi connectivity index (χ1n) is 2.17. The van der Waals surface area contributed by atoms with E-state index in [1.54, 1.807) is 0 Å². The third-order valence-electron chi connectivity index (χ3n) is 0.963. The summed E-state index contributed by atoms with van der Waals surface area (Å²) in [5.41, 5.74) is -0.840. The second-order valence-corrected chi connectivity index (χ2v) is 15.4. The van der Waals surface area contributed by atoms with Crippen LogP contribution < -0.4 is 0 Å². The molecule has 0 aromatic carbocycles. The highest BCUT2D eigenvalue weighted by atomic mass is 32.6. The number of hydrogen-bond donors (Lipinski definition) is 0. The monoisotopic (exact) mass is 154 g/mol. The van der Waals surface area contributed by atoms with Crippen molar-refractivity contribution in [3.05, 3.63) is 0 Å².